The maximum absolute atomic E-state index is 5.47. The Labute approximate surface area is 82.3 Å². The van der Waals surface area contributed by atoms with Gasteiger partial charge in [0.05, 0.1) is 0 Å². The fourth-order valence-corrected chi connectivity index (χ4v) is 2.35. The molecule has 3 N–H and O–H groups in total. The summed E-state index contributed by atoms with van der Waals surface area (Å²) in [6.07, 6.45) is 8.11. The average molecular weight is 184 g/mol. The second-order valence-corrected chi connectivity index (χ2v) is 4.16. The van der Waals surface area contributed by atoms with Crippen LogP contribution in [0, 0.1) is 5.92 Å². The fraction of sp³-hybridized carbons (Fsp3) is 1.00. The topological polar surface area (TPSA) is 38.0 Å². The third kappa shape index (κ3) is 3.65. The molecule has 1 aliphatic carbocycles. The molecular formula is C11H24N2. The van der Waals surface area contributed by atoms with Gasteiger partial charge in [-0.15, -0.1) is 0 Å². The van der Waals surface area contributed by atoms with Crippen molar-refractivity contribution in [3.05, 3.63) is 0 Å². The summed E-state index contributed by atoms with van der Waals surface area (Å²) in [5.74, 6) is 0.923. The molecule has 0 radical (unpaired) electrons. The zero-order valence-electron chi connectivity index (χ0n) is 8.89. The van der Waals surface area contributed by atoms with Crippen LogP contribution in [-0.2, 0) is 0 Å². The predicted octanol–water partition coefficient (Wildman–Crippen LogP) is 1.89. The summed E-state index contributed by atoms with van der Waals surface area (Å²) < 4.78 is 0. The molecular weight excluding hydrogens is 160 g/mol. The monoisotopic (exact) mass is 184 g/mol. The van der Waals surface area contributed by atoms with Crippen LogP contribution in [0.25, 0.3) is 0 Å². The molecule has 0 heterocycles. The molecule has 0 aromatic heterocycles. The molecule has 78 valence electrons. The summed E-state index contributed by atoms with van der Waals surface area (Å²) >= 11 is 0. The van der Waals surface area contributed by atoms with E-state index in [1.807, 2.05) is 0 Å². The number of nitrogens with two attached hydrogens (primary N) is 1. The van der Waals surface area contributed by atoms with Gasteiger partial charge in [0.25, 0.3) is 0 Å². The third-order valence-corrected chi connectivity index (χ3v) is 3.22. The van der Waals surface area contributed by atoms with Crippen molar-refractivity contribution in [2.75, 3.05) is 13.1 Å². The molecule has 1 rings (SSSR count). The van der Waals surface area contributed by atoms with Gasteiger partial charge in [0.15, 0.2) is 0 Å². The Morgan fingerprint density at radius 1 is 1.31 bits per heavy atom. The van der Waals surface area contributed by atoms with Crippen LogP contribution in [0.15, 0.2) is 0 Å². The molecule has 0 saturated heterocycles. The van der Waals surface area contributed by atoms with Gasteiger partial charge in [-0.1, -0.05) is 26.2 Å². The first-order chi connectivity index (χ1) is 6.38. The largest absolute Gasteiger partial charge is 0.330 e. The Hall–Kier alpha value is -0.0800. The zero-order chi connectivity index (χ0) is 9.52. The summed E-state index contributed by atoms with van der Waals surface area (Å²) in [5, 5.41) is 3.64. The number of hydrogen-bond donors (Lipinski definition) is 2. The summed E-state index contributed by atoms with van der Waals surface area (Å²) in [7, 11) is 0. The minimum atomic E-state index is 0.783. The van der Waals surface area contributed by atoms with Crippen LogP contribution in [0.1, 0.15) is 45.4 Å². The Morgan fingerprint density at radius 2 is 2.08 bits per heavy atom. The van der Waals surface area contributed by atoms with E-state index in [2.05, 4.69) is 12.2 Å². The van der Waals surface area contributed by atoms with Crippen LogP contribution in [0.4, 0.5) is 0 Å². The Bertz CT molecular complexity index is 125. The molecule has 1 fully saturated rings. The Morgan fingerprint density at radius 3 is 2.77 bits per heavy atom. The van der Waals surface area contributed by atoms with E-state index in [-0.39, 0.29) is 0 Å². The maximum Gasteiger partial charge on any atom is 0.00952 e. The lowest BCUT2D eigenvalue weighted by Gasteiger charge is -2.31. The lowest BCUT2D eigenvalue weighted by molar-refractivity contribution is 0.256. The first-order valence-corrected chi connectivity index (χ1v) is 5.82. The Balaban J connectivity index is 2.19. The zero-order valence-corrected chi connectivity index (χ0v) is 8.89. The molecule has 0 spiro atoms. The standard InChI is InChI=1S/C11H24N2/c1-2-10-6-3-4-7-11(10)13-9-5-8-12/h10-11,13H,2-9,12H2,1H3. The molecule has 1 aliphatic rings. The van der Waals surface area contributed by atoms with Crippen LogP contribution in [0.2, 0.25) is 0 Å². The van der Waals surface area contributed by atoms with Crippen molar-refractivity contribution in [2.24, 2.45) is 11.7 Å². The third-order valence-electron chi connectivity index (χ3n) is 3.22. The minimum Gasteiger partial charge on any atom is -0.330 e. The van der Waals surface area contributed by atoms with Gasteiger partial charge < -0.3 is 11.1 Å². The second-order valence-electron chi connectivity index (χ2n) is 4.16. The van der Waals surface area contributed by atoms with Crippen LogP contribution < -0.4 is 11.1 Å². The highest BCUT2D eigenvalue weighted by Gasteiger charge is 2.22. The van der Waals surface area contributed by atoms with Gasteiger partial charge in [-0.25, -0.2) is 0 Å². The first-order valence-electron chi connectivity index (χ1n) is 5.82. The molecule has 13 heavy (non-hydrogen) atoms. The number of nitrogens with one attached hydrogen (secondary N) is 1. The second kappa shape index (κ2) is 6.39. The van der Waals surface area contributed by atoms with Crippen molar-refractivity contribution in [2.45, 2.75) is 51.5 Å². The van der Waals surface area contributed by atoms with E-state index in [0.29, 0.717) is 0 Å². The minimum absolute atomic E-state index is 0.783. The van der Waals surface area contributed by atoms with Crippen LogP contribution in [-0.4, -0.2) is 19.1 Å². The van der Waals surface area contributed by atoms with Gasteiger partial charge in [-0.2, -0.15) is 0 Å². The van der Waals surface area contributed by atoms with Crippen molar-refractivity contribution in [3.8, 4) is 0 Å². The summed E-state index contributed by atoms with van der Waals surface area (Å²) in [6, 6.07) is 0.783. The first kappa shape index (κ1) is 11.0. The lowest BCUT2D eigenvalue weighted by Crippen LogP contribution is -2.39. The van der Waals surface area contributed by atoms with Crippen molar-refractivity contribution in [1.29, 1.82) is 0 Å². The normalized spacial score (nSPS) is 29.1. The van der Waals surface area contributed by atoms with E-state index in [1.165, 1.54) is 32.1 Å². The van der Waals surface area contributed by atoms with Gasteiger partial charge in [0.2, 0.25) is 0 Å². The molecule has 2 heteroatoms. The van der Waals surface area contributed by atoms with Crippen molar-refractivity contribution in [3.63, 3.8) is 0 Å². The molecule has 2 atom stereocenters. The highest BCUT2D eigenvalue weighted by Crippen LogP contribution is 2.26. The lowest BCUT2D eigenvalue weighted by atomic mass is 9.83. The quantitative estimate of drug-likeness (QED) is 0.640. The van der Waals surface area contributed by atoms with Gasteiger partial charge in [0.1, 0.15) is 0 Å². The number of rotatable bonds is 5. The van der Waals surface area contributed by atoms with E-state index < -0.39 is 0 Å². The predicted molar refractivity (Wildman–Crippen MR) is 57.7 cm³/mol. The average Bonchev–Trinajstić information content (AvgIpc) is 2.19. The van der Waals surface area contributed by atoms with Crippen molar-refractivity contribution < 1.29 is 0 Å². The highest BCUT2D eigenvalue weighted by molar-refractivity contribution is 4.79. The fourth-order valence-electron chi connectivity index (χ4n) is 2.35. The van der Waals surface area contributed by atoms with Gasteiger partial charge in [-0.3, -0.25) is 0 Å². The molecule has 2 nitrogen and oxygen atoms in total. The molecule has 0 aliphatic heterocycles. The summed E-state index contributed by atoms with van der Waals surface area (Å²) in [4.78, 5) is 0. The van der Waals surface area contributed by atoms with Crippen LogP contribution >= 0.6 is 0 Å². The van der Waals surface area contributed by atoms with E-state index in [9.17, 15) is 0 Å². The molecule has 1 saturated carbocycles. The maximum atomic E-state index is 5.47. The van der Waals surface area contributed by atoms with E-state index in [0.717, 1.165) is 31.5 Å². The van der Waals surface area contributed by atoms with Gasteiger partial charge in [0, 0.05) is 6.04 Å². The summed E-state index contributed by atoms with van der Waals surface area (Å²) in [6.45, 7) is 4.24. The molecule has 0 bridgehead atoms. The van der Waals surface area contributed by atoms with E-state index in [1.54, 1.807) is 0 Å². The number of hydrogen-bond acceptors (Lipinski definition) is 2. The van der Waals surface area contributed by atoms with Crippen LogP contribution in [0.3, 0.4) is 0 Å². The smallest absolute Gasteiger partial charge is 0.00952 e. The molecule has 0 amide bonds. The van der Waals surface area contributed by atoms with Gasteiger partial charge in [-0.05, 0) is 38.3 Å². The van der Waals surface area contributed by atoms with E-state index >= 15 is 0 Å². The van der Waals surface area contributed by atoms with Crippen molar-refractivity contribution in [1.82, 2.24) is 5.32 Å². The van der Waals surface area contributed by atoms with E-state index in [4.69, 9.17) is 5.73 Å². The molecule has 0 aromatic carbocycles. The van der Waals surface area contributed by atoms with Gasteiger partial charge >= 0.3 is 0 Å². The highest BCUT2D eigenvalue weighted by atomic mass is 14.9. The van der Waals surface area contributed by atoms with Crippen LogP contribution in [0.5, 0.6) is 0 Å². The Kier molecular flexibility index (Phi) is 5.40. The molecule has 2 unspecified atom stereocenters. The SMILES string of the molecule is CCC1CCCCC1NCCCN. The molecule has 0 aromatic rings. The summed E-state index contributed by atoms with van der Waals surface area (Å²) in [5.41, 5.74) is 5.47. The van der Waals surface area contributed by atoms with Crippen molar-refractivity contribution >= 4 is 0 Å².